The van der Waals surface area contributed by atoms with Crippen LogP contribution in [-0.4, -0.2) is 6.54 Å². The molecule has 0 amide bonds. The summed E-state index contributed by atoms with van der Waals surface area (Å²) in [5.41, 5.74) is 13.0. The highest BCUT2D eigenvalue weighted by atomic mass is 14.9. The predicted molar refractivity (Wildman–Crippen MR) is 67.6 cm³/mol. The number of benzene rings is 1. The summed E-state index contributed by atoms with van der Waals surface area (Å²) in [7, 11) is 0. The smallest absolute Gasteiger partial charge is 0.0379 e. The third-order valence-corrected chi connectivity index (χ3v) is 4.12. The average molecular weight is 216 g/mol. The molecule has 0 spiro atoms. The number of hydrogen-bond donors (Lipinski definition) is 2. The summed E-state index contributed by atoms with van der Waals surface area (Å²) in [6, 6.07) is 2.91. The minimum atomic E-state index is 0.589. The Morgan fingerprint density at radius 2 is 2.06 bits per heavy atom. The quantitative estimate of drug-likeness (QED) is 0.708. The van der Waals surface area contributed by atoms with Crippen molar-refractivity contribution in [3.63, 3.8) is 0 Å². The van der Waals surface area contributed by atoms with E-state index in [1.54, 1.807) is 5.56 Å². The molecule has 16 heavy (non-hydrogen) atoms. The molecular weight excluding hydrogens is 196 g/mol. The van der Waals surface area contributed by atoms with Crippen LogP contribution in [-0.2, 0) is 12.8 Å². The van der Waals surface area contributed by atoms with Gasteiger partial charge in [-0.2, -0.15) is 0 Å². The lowest BCUT2D eigenvalue weighted by atomic mass is 9.92. The number of rotatable bonds is 1. The van der Waals surface area contributed by atoms with E-state index in [0.717, 1.165) is 5.69 Å². The summed E-state index contributed by atoms with van der Waals surface area (Å²) in [6.07, 6.45) is 6.29. The van der Waals surface area contributed by atoms with E-state index in [1.807, 2.05) is 0 Å². The van der Waals surface area contributed by atoms with Crippen molar-refractivity contribution in [3.8, 4) is 0 Å². The zero-order valence-electron chi connectivity index (χ0n) is 9.97. The lowest BCUT2D eigenvalue weighted by Crippen LogP contribution is -2.15. The molecule has 1 aromatic carbocycles. The van der Waals surface area contributed by atoms with E-state index in [1.165, 1.54) is 55.3 Å². The Balaban J connectivity index is 2.11. The van der Waals surface area contributed by atoms with Gasteiger partial charge in [0.05, 0.1) is 0 Å². The molecule has 0 radical (unpaired) electrons. The summed E-state index contributed by atoms with van der Waals surface area (Å²) in [4.78, 5) is 0. The number of hydrogen-bond acceptors (Lipinski definition) is 2. The second-order valence-corrected chi connectivity index (χ2v) is 5.16. The molecule has 2 nitrogen and oxygen atoms in total. The standard InChI is InChI=1S/C14H20N2/c1-9-8-12(13-6-3-7-16-13)10-4-2-5-11(10)14(9)15/h8,13,16H,2-7,15H2,1H3/t13-/m1/s1. The van der Waals surface area contributed by atoms with Gasteiger partial charge >= 0.3 is 0 Å². The van der Waals surface area contributed by atoms with Crippen molar-refractivity contribution in [2.45, 2.75) is 45.1 Å². The van der Waals surface area contributed by atoms with Crippen LogP contribution in [0.3, 0.4) is 0 Å². The maximum Gasteiger partial charge on any atom is 0.0379 e. The topological polar surface area (TPSA) is 38.0 Å². The Labute approximate surface area is 97.2 Å². The van der Waals surface area contributed by atoms with Crippen LogP contribution in [0.1, 0.15) is 47.6 Å². The van der Waals surface area contributed by atoms with Gasteiger partial charge in [0.1, 0.15) is 0 Å². The second kappa shape index (κ2) is 3.77. The highest BCUT2D eigenvalue weighted by Gasteiger charge is 2.25. The van der Waals surface area contributed by atoms with E-state index >= 15 is 0 Å². The normalized spacial score (nSPS) is 23.7. The van der Waals surface area contributed by atoms with E-state index in [9.17, 15) is 0 Å². The lowest BCUT2D eigenvalue weighted by molar-refractivity contribution is 0.640. The predicted octanol–water partition coefficient (Wildman–Crippen LogP) is 2.49. The molecule has 3 N–H and O–H groups in total. The van der Waals surface area contributed by atoms with Crippen molar-refractivity contribution < 1.29 is 0 Å². The Morgan fingerprint density at radius 3 is 2.81 bits per heavy atom. The van der Waals surface area contributed by atoms with Crippen molar-refractivity contribution in [2.24, 2.45) is 0 Å². The van der Waals surface area contributed by atoms with Gasteiger partial charge in [-0.3, -0.25) is 0 Å². The average Bonchev–Trinajstić information content (AvgIpc) is 2.93. The van der Waals surface area contributed by atoms with Crippen LogP contribution in [0.2, 0.25) is 0 Å². The van der Waals surface area contributed by atoms with Crippen molar-refractivity contribution in [3.05, 3.63) is 28.3 Å². The van der Waals surface area contributed by atoms with E-state index in [-0.39, 0.29) is 0 Å². The Bertz CT molecular complexity index is 417. The molecule has 0 bridgehead atoms. The lowest BCUT2D eigenvalue weighted by Gasteiger charge is -2.18. The first-order valence-electron chi connectivity index (χ1n) is 6.41. The van der Waals surface area contributed by atoms with Crippen molar-refractivity contribution in [2.75, 3.05) is 12.3 Å². The van der Waals surface area contributed by atoms with Gasteiger partial charge in [-0.05, 0) is 67.8 Å². The SMILES string of the molecule is Cc1cc([C@H]2CCCN2)c2c(c1N)CCC2. The minimum absolute atomic E-state index is 0.589. The first kappa shape index (κ1) is 10.2. The molecular formula is C14H20N2. The van der Waals surface area contributed by atoms with Crippen LogP contribution in [0.15, 0.2) is 6.07 Å². The van der Waals surface area contributed by atoms with Gasteiger partial charge < -0.3 is 11.1 Å². The molecule has 0 unspecified atom stereocenters. The molecule has 0 saturated carbocycles. The molecule has 86 valence electrons. The number of nitrogens with two attached hydrogens (primary N) is 1. The number of aryl methyl sites for hydroxylation is 1. The van der Waals surface area contributed by atoms with E-state index in [4.69, 9.17) is 5.73 Å². The van der Waals surface area contributed by atoms with Gasteiger partial charge in [-0.25, -0.2) is 0 Å². The fraction of sp³-hybridized carbons (Fsp3) is 0.571. The number of fused-ring (bicyclic) bond motifs is 1. The van der Waals surface area contributed by atoms with E-state index < -0.39 is 0 Å². The van der Waals surface area contributed by atoms with Gasteiger partial charge in [0.15, 0.2) is 0 Å². The van der Waals surface area contributed by atoms with E-state index in [2.05, 4.69) is 18.3 Å². The van der Waals surface area contributed by atoms with Gasteiger partial charge in [-0.1, -0.05) is 6.07 Å². The Morgan fingerprint density at radius 1 is 1.25 bits per heavy atom. The number of nitrogen functional groups attached to an aromatic ring is 1. The van der Waals surface area contributed by atoms with Crippen LogP contribution in [0.5, 0.6) is 0 Å². The molecule has 1 fully saturated rings. The molecule has 1 aliphatic heterocycles. The third-order valence-electron chi connectivity index (χ3n) is 4.12. The van der Waals surface area contributed by atoms with Crippen LogP contribution in [0.25, 0.3) is 0 Å². The van der Waals surface area contributed by atoms with Gasteiger partial charge in [-0.15, -0.1) is 0 Å². The number of anilines is 1. The first-order chi connectivity index (χ1) is 7.77. The zero-order valence-corrected chi connectivity index (χ0v) is 9.97. The minimum Gasteiger partial charge on any atom is -0.398 e. The highest BCUT2D eigenvalue weighted by molar-refractivity contribution is 5.61. The summed E-state index contributed by atoms with van der Waals surface area (Å²) < 4.78 is 0. The fourth-order valence-corrected chi connectivity index (χ4v) is 3.26. The van der Waals surface area contributed by atoms with Crippen LogP contribution in [0.4, 0.5) is 5.69 Å². The summed E-state index contributed by atoms with van der Waals surface area (Å²) in [5, 5.41) is 3.61. The molecule has 1 atom stereocenters. The largest absolute Gasteiger partial charge is 0.398 e. The van der Waals surface area contributed by atoms with Crippen molar-refractivity contribution in [1.82, 2.24) is 5.32 Å². The van der Waals surface area contributed by atoms with Gasteiger partial charge in [0, 0.05) is 11.7 Å². The molecule has 1 heterocycles. The Kier molecular flexibility index (Phi) is 2.40. The van der Waals surface area contributed by atoms with Crippen LogP contribution >= 0.6 is 0 Å². The Hall–Kier alpha value is -1.02. The van der Waals surface area contributed by atoms with Crippen molar-refractivity contribution >= 4 is 5.69 Å². The van der Waals surface area contributed by atoms with Gasteiger partial charge in [0.25, 0.3) is 0 Å². The van der Waals surface area contributed by atoms with Crippen molar-refractivity contribution in [1.29, 1.82) is 0 Å². The molecule has 2 heteroatoms. The highest BCUT2D eigenvalue weighted by Crippen LogP contribution is 2.37. The summed E-state index contributed by atoms with van der Waals surface area (Å²) >= 11 is 0. The first-order valence-corrected chi connectivity index (χ1v) is 6.41. The molecule has 1 saturated heterocycles. The summed E-state index contributed by atoms with van der Waals surface area (Å²) in [5.74, 6) is 0. The molecule has 1 aromatic rings. The fourth-order valence-electron chi connectivity index (χ4n) is 3.26. The monoisotopic (exact) mass is 216 g/mol. The third kappa shape index (κ3) is 1.44. The summed E-state index contributed by atoms with van der Waals surface area (Å²) in [6.45, 7) is 3.31. The van der Waals surface area contributed by atoms with Crippen LogP contribution in [0, 0.1) is 6.92 Å². The second-order valence-electron chi connectivity index (χ2n) is 5.16. The zero-order chi connectivity index (χ0) is 11.1. The number of nitrogens with one attached hydrogen (secondary N) is 1. The molecule has 0 aromatic heterocycles. The molecule has 3 rings (SSSR count). The van der Waals surface area contributed by atoms with E-state index in [0.29, 0.717) is 6.04 Å². The maximum absolute atomic E-state index is 6.18. The molecule has 2 aliphatic rings. The molecule has 1 aliphatic carbocycles. The van der Waals surface area contributed by atoms with Crippen LogP contribution < -0.4 is 11.1 Å². The maximum atomic E-state index is 6.18. The van der Waals surface area contributed by atoms with Gasteiger partial charge in [0.2, 0.25) is 0 Å².